The minimum Gasteiger partial charge on any atom is -0.481 e. The lowest BCUT2D eigenvalue weighted by atomic mass is 10.1. The van der Waals surface area contributed by atoms with Gasteiger partial charge in [0.05, 0.1) is 7.11 Å². The summed E-state index contributed by atoms with van der Waals surface area (Å²) in [5, 5.41) is 6.02. The van der Waals surface area contributed by atoms with Crippen molar-refractivity contribution in [3.63, 3.8) is 0 Å². The molecule has 2 aromatic heterocycles. The molecule has 0 bridgehead atoms. The van der Waals surface area contributed by atoms with E-state index in [1.807, 2.05) is 0 Å². The van der Waals surface area contributed by atoms with Crippen LogP contribution in [0.4, 0.5) is 13.2 Å². The van der Waals surface area contributed by atoms with Crippen molar-refractivity contribution < 1.29 is 27.2 Å². The Hall–Kier alpha value is -3.43. The number of aromatic nitrogens is 3. The second-order valence-electron chi connectivity index (χ2n) is 5.39. The Balaban J connectivity index is 1.66. The second-order valence-corrected chi connectivity index (χ2v) is 5.39. The van der Waals surface area contributed by atoms with E-state index in [1.165, 1.54) is 31.4 Å². The van der Waals surface area contributed by atoms with Gasteiger partial charge in [0, 0.05) is 29.9 Å². The Kier molecular flexibility index (Phi) is 5.06. The van der Waals surface area contributed by atoms with Gasteiger partial charge in [-0.1, -0.05) is 17.3 Å². The minimum atomic E-state index is -4.71. The molecule has 0 aliphatic heterocycles. The number of benzene rings is 1. The third kappa shape index (κ3) is 4.40. The predicted octanol–water partition coefficient (Wildman–Crippen LogP) is 3.09. The van der Waals surface area contributed by atoms with Crippen LogP contribution in [0.25, 0.3) is 11.4 Å². The number of rotatable bonds is 5. The highest BCUT2D eigenvalue weighted by atomic mass is 19.4. The lowest BCUT2D eigenvalue weighted by Crippen LogP contribution is -2.22. The molecule has 140 valence electrons. The minimum absolute atomic E-state index is 0.210. The monoisotopic (exact) mass is 378 g/mol. The fourth-order valence-corrected chi connectivity index (χ4v) is 2.18. The highest BCUT2D eigenvalue weighted by Crippen LogP contribution is 2.29. The first-order valence-electron chi connectivity index (χ1n) is 7.65. The zero-order valence-electron chi connectivity index (χ0n) is 13.9. The van der Waals surface area contributed by atoms with Crippen molar-refractivity contribution in [1.29, 1.82) is 0 Å². The molecule has 0 atom stereocenters. The van der Waals surface area contributed by atoms with Crippen molar-refractivity contribution in [2.75, 3.05) is 7.11 Å². The molecule has 0 saturated carbocycles. The van der Waals surface area contributed by atoms with E-state index in [0.29, 0.717) is 17.0 Å². The average Bonchev–Trinajstić information content (AvgIpc) is 3.17. The topological polar surface area (TPSA) is 90.1 Å². The summed E-state index contributed by atoms with van der Waals surface area (Å²) in [5.41, 5.74) is 1.43. The third-order valence-electron chi connectivity index (χ3n) is 3.54. The standard InChI is InChI=1S/C17H13F3N4O3/c1-26-13-8-10(6-7-21-13)9-22-15(25)12-4-2-11(3-5-12)14-23-16(27-24-14)17(18,19)20/h2-8H,9H2,1H3,(H,22,25). The van der Waals surface area contributed by atoms with E-state index in [9.17, 15) is 18.0 Å². The van der Waals surface area contributed by atoms with E-state index in [0.717, 1.165) is 5.56 Å². The van der Waals surface area contributed by atoms with Crippen LogP contribution in [0.15, 0.2) is 47.1 Å². The van der Waals surface area contributed by atoms with Gasteiger partial charge >= 0.3 is 12.1 Å². The molecule has 1 aromatic carbocycles. The number of methoxy groups -OCH3 is 1. The largest absolute Gasteiger partial charge is 0.481 e. The quantitative estimate of drug-likeness (QED) is 0.734. The van der Waals surface area contributed by atoms with Gasteiger partial charge in [0.1, 0.15) is 0 Å². The molecule has 0 radical (unpaired) electrons. The first-order valence-corrected chi connectivity index (χ1v) is 7.65. The normalized spacial score (nSPS) is 11.3. The van der Waals surface area contributed by atoms with Crippen molar-refractivity contribution in [1.82, 2.24) is 20.4 Å². The number of carbonyl (C=O) groups is 1. The number of pyridine rings is 1. The number of halogens is 3. The molecule has 10 heteroatoms. The van der Waals surface area contributed by atoms with E-state index in [1.54, 1.807) is 18.3 Å². The molecular weight excluding hydrogens is 365 g/mol. The Bertz CT molecular complexity index is 939. The van der Waals surface area contributed by atoms with Crippen molar-refractivity contribution in [2.45, 2.75) is 12.7 Å². The molecule has 0 aliphatic carbocycles. The predicted molar refractivity (Wildman–Crippen MR) is 86.7 cm³/mol. The maximum Gasteiger partial charge on any atom is 0.471 e. The van der Waals surface area contributed by atoms with Gasteiger partial charge in [0.2, 0.25) is 11.7 Å². The molecule has 0 saturated heterocycles. The van der Waals surface area contributed by atoms with Crippen LogP contribution in [0.3, 0.4) is 0 Å². The van der Waals surface area contributed by atoms with Crippen molar-refractivity contribution in [2.24, 2.45) is 0 Å². The summed E-state index contributed by atoms with van der Waals surface area (Å²) in [6.07, 6.45) is -3.14. The summed E-state index contributed by atoms with van der Waals surface area (Å²) >= 11 is 0. The molecular formula is C17H13F3N4O3. The Morgan fingerprint density at radius 2 is 1.96 bits per heavy atom. The summed E-state index contributed by atoms with van der Waals surface area (Å²) < 4.78 is 46.7. The van der Waals surface area contributed by atoms with E-state index >= 15 is 0 Å². The number of amides is 1. The van der Waals surface area contributed by atoms with Crippen LogP contribution < -0.4 is 10.1 Å². The van der Waals surface area contributed by atoms with Crippen molar-refractivity contribution >= 4 is 5.91 Å². The van der Waals surface area contributed by atoms with E-state index in [-0.39, 0.29) is 18.3 Å². The Morgan fingerprint density at radius 1 is 1.22 bits per heavy atom. The van der Waals surface area contributed by atoms with Crippen LogP contribution in [-0.4, -0.2) is 28.1 Å². The molecule has 1 N–H and O–H groups in total. The number of carbonyl (C=O) groups excluding carboxylic acids is 1. The Labute approximate surface area is 151 Å². The van der Waals surface area contributed by atoms with Gasteiger partial charge in [-0.05, 0) is 23.8 Å². The smallest absolute Gasteiger partial charge is 0.471 e. The van der Waals surface area contributed by atoms with Gasteiger partial charge in [-0.25, -0.2) is 4.98 Å². The summed E-state index contributed by atoms with van der Waals surface area (Å²) in [6.45, 7) is 0.263. The average molecular weight is 378 g/mol. The molecule has 0 unspecified atom stereocenters. The van der Waals surface area contributed by atoms with Crippen LogP contribution in [0.5, 0.6) is 5.88 Å². The van der Waals surface area contributed by atoms with Crippen LogP contribution in [0.1, 0.15) is 21.8 Å². The van der Waals surface area contributed by atoms with Crippen LogP contribution in [-0.2, 0) is 12.7 Å². The van der Waals surface area contributed by atoms with Gasteiger partial charge in [-0.2, -0.15) is 18.2 Å². The third-order valence-corrected chi connectivity index (χ3v) is 3.54. The summed E-state index contributed by atoms with van der Waals surface area (Å²) in [6, 6.07) is 9.23. The molecule has 0 spiro atoms. The van der Waals surface area contributed by atoms with E-state index in [2.05, 4.69) is 25.0 Å². The lowest BCUT2D eigenvalue weighted by Gasteiger charge is -2.07. The first kappa shape index (κ1) is 18.4. The van der Waals surface area contributed by atoms with Gasteiger partial charge in [-0.15, -0.1) is 0 Å². The van der Waals surface area contributed by atoms with Gasteiger partial charge in [-0.3, -0.25) is 4.79 Å². The summed E-state index contributed by atoms with van der Waals surface area (Å²) in [7, 11) is 1.49. The number of nitrogens with zero attached hydrogens (tertiary/aromatic N) is 3. The zero-order valence-corrected chi connectivity index (χ0v) is 13.9. The Morgan fingerprint density at radius 3 is 2.59 bits per heavy atom. The van der Waals surface area contributed by atoms with Crippen molar-refractivity contribution in [3.8, 4) is 17.3 Å². The fraction of sp³-hybridized carbons (Fsp3) is 0.176. The zero-order chi connectivity index (χ0) is 19.4. The number of nitrogens with one attached hydrogen (secondary N) is 1. The van der Waals surface area contributed by atoms with Crippen LogP contribution in [0.2, 0.25) is 0 Å². The van der Waals surface area contributed by atoms with E-state index in [4.69, 9.17) is 4.74 Å². The maximum absolute atomic E-state index is 12.5. The highest BCUT2D eigenvalue weighted by Gasteiger charge is 2.38. The van der Waals surface area contributed by atoms with Gasteiger partial charge < -0.3 is 14.6 Å². The molecule has 0 fully saturated rings. The number of alkyl halides is 3. The highest BCUT2D eigenvalue weighted by molar-refractivity contribution is 5.94. The molecule has 2 heterocycles. The number of hydrogen-bond donors (Lipinski definition) is 1. The van der Waals surface area contributed by atoms with Gasteiger partial charge in [0.15, 0.2) is 0 Å². The molecule has 3 aromatic rings. The fourth-order valence-electron chi connectivity index (χ4n) is 2.18. The summed E-state index contributed by atoms with van der Waals surface area (Å²) in [4.78, 5) is 19.5. The maximum atomic E-state index is 12.5. The molecule has 1 amide bonds. The second kappa shape index (κ2) is 7.44. The van der Waals surface area contributed by atoms with Crippen LogP contribution >= 0.6 is 0 Å². The molecule has 3 rings (SSSR count). The first-order chi connectivity index (χ1) is 12.9. The number of ether oxygens (including phenoxy) is 1. The van der Waals surface area contributed by atoms with Crippen molar-refractivity contribution in [3.05, 3.63) is 59.6 Å². The molecule has 7 nitrogen and oxygen atoms in total. The number of hydrogen-bond acceptors (Lipinski definition) is 6. The van der Waals surface area contributed by atoms with Gasteiger partial charge in [0.25, 0.3) is 5.91 Å². The van der Waals surface area contributed by atoms with E-state index < -0.39 is 12.1 Å². The molecule has 27 heavy (non-hydrogen) atoms. The van der Waals surface area contributed by atoms with Crippen LogP contribution in [0, 0.1) is 0 Å². The lowest BCUT2D eigenvalue weighted by molar-refractivity contribution is -0.159. The molecule has 0 aliphatic rings. The SMILES string of the molecule is COc1cc(CNC(=O)c2ccc(-c3noc(C(F)(F)F)n3)cc2)ccn1. The summed E-state index contributed by atoms with van der Waals surface area (Å²) in [5.74, 6) is -1.55.